The van der Waals surface area contributed by atoms with Crippen molar-refractivity contribution in [3.8, 4) is 0 Å². The average molecular weight is 381 g/mol. The predicted molar refractivity (Wildman–Crippen MR) is 101 cm³/mol. The highest BCUT2D eigenvalue weighted by atomic mass is 32.2. The van der Waals surface area contributed by atoms with Gasteiger partial charge in [0.25, 0.3) is 0 Å². The monoisotopic (exact) mass is 380 g/mol. The summed E-state index contributed by atoms with van der Waals surface area (Å²) in [6, 6.07) is 7.13. The molecule has 1 saturated carbocycles. The molecule has 3 N–H and O–H groups in total. The highest BCUT2D eigenvalue weighted by Crippen LogP contribution is 2.28. The lowest BCUT2D eigenvalue weighted by molar-refractivity contribution is -0.137. The quantitative estimate of drug-likeness (QED) is 0.804. The molecule has 8 heteroatoms. The highest BCUT2D eigenvalue weighted by molar-refractivity contribution is 7.89. The Labute approximate surface area is 155 Å². The maximum Gasteiger partial charge on any atom is 0.242 e. The van der Waals surface area contributed by atoms with E-state index in [1.807, 2.05) is 21.9 Å². The SMILES string of the molecule is CNS(=O)(=O)c1ccccc1N1CCN(C(=O)[C@H]2CCC[C@@H](N)C2)CC1. The van der Waals surface area contributed by atoms with Gasteiger partial charge in [-0.15, -0.1) is 0 Å². The summed E-state index contributed by atoms with van der Waals surface area (Å²) in [5.74, 6) is 0.248. The van der Waals surface area contributed by atoms with E-state index in [0.29, 0.717) is 31.9 Å². The van der Waals surface area contributed by atoms with Gasteiger partial charge in [0, 0.05) is 38.1 Å². The fourth-order valence-corrected chi connectivity index (χ4v) is 4.88. The summed E-state index contributed by atoms with van der Waals surface area (Å²) in [6.07, 6.45) is 3.74. The van der Waals surface area contributed by atoms with Gasteiger partial charge in [0.1, 0.15) is 4.90 Å². The van der Waals surface area contributed by atoms with Gasteiger partial charge < -0.3 is 15.5 Å². The number of nitrogens with one attached hydrogen (secondary N) is 1. The number of carbonyl (C=O) groups excluding carboxylic acids is 1. The Morgan fingerprint density at radius 2 is 1.85 bits per heavy atom. The van der Waals surface area contributed by atoms with Gasteiger partial charge >= 0.3 is 0 Å². The van der Waals surface area contributed by atoms with Crippen LogP contribution in [-0.2, 0) is 14.8 Å². The molecule has 1 amide bonds. The molecule has 0 spiro atoms. The molecule has 2 fully saturated rings. The molecule has 1 aromatic carbocycles. The minimum Gasteiger partial charge on any atom is -0.367 e. The van der Waals surface area contributed by atoms with E-state index < -0.39 is 10.0 Å². The Morgan fingerprint density at radius 1 is 1.15 bits per heavy atom. The highest BCUT2D eigenvalue weighted by Gasteiger charge is 2.31. The molecule has 1 aromatic rings. The van der Waals surface area contributed by atoms with Crippen molar-refractivity contribution in [3.63, 3.8) is 0 Å². The van der Waals surface area contributed by atoms with Crippen molar-refractivity contribution in [2.45, 2.75) is 36.6 Å². The fraction of sp³-hybridized carbons (Fsp3) is 0.611. The van der Waals surface area contributed by atoms with Gasteiger partial charge in [0.2, 0.25) is 15.9 Å². The summed E-state index contributed by atoms with van der Waals surface area (Å²) >= 11 is 0. The number of carbonyl (C=O) groups is 1. The third kappa shape index (κ3) is 4.02. The van der Waals surface area contributed by atoms with Crippen LogP contribution in [0.5, 0.6) is 0 Å². The van der Waals surface area contributed by atoms with Crippen LogP contribution in [0.1, 0.15) is 25.7 Å². The Bertz CT molecular complexity index is 745. The zero-order chi connectivity index (χ0) is 18.7. The molecular weight excluding hydrogens is 352 g/mol. The van der Waals surface area contributed by atoms with E-state index in [-0.39, 0.29) is 22.8 Å². The number of nitrogens with zero attached hydrogens (tertiary/aromatic N) is 2. The minimum absolute atomic E-state index is 0.0438. The maximum atomic E-state index is 12.8. The van der Waals surface area contributed by atoms with Crippen LogP contribution in [0.25, 0.3) is 0 Å². The van der Waals surface area contributed by atoms with Crippen molar-refractivity contribution in [1.29, 1.82) is 0 Å². The van der Waals surface area contributed by atoms with Gasteiger partial charge in [-0.1, -0.05) is 18.6 Å². The molecule has 2 aliphatic rings. The number of amides is 1. The molecule has 0 bridgehead atoms. The van der Waals surface area contributed by atoms with Gasteiger partial charge in [-0.05, 0) is 38.4 Å². The molecule has 7 nitrogen and oxygen atoms in total. The smallest absolute Gasteiger partial charge is 0.242 e. The van der Waals surface area contributed by atoms with Crippen LogP contribution in [0.3, 0.4) is 0 Å². The number of anilines is 1. The summed E-state index contributed by atoms with van der Waals surface area (Å²) in [4.78, 5) is 17.0. The van der Waals surface area contributed by atoms with E-state index in [0.717, 1.165) is 25.7 Å². The molecule has 3 rings (SSSR count). The second kappa shape index (κ2) is 7.94. The number of benzene rings is 1. The van der Waals surface area contributed by atoms with Crippen molar-refractivity contribution < 1.29 is 13.2 Å². The van der Waals surface area contributed by atoms with Crippen molar-refractivity contribution in [2.24, 2.45) is 11.7 Å². The summed E-state index contributed by atoms with van der Waals surface area (Å²) in [6.45, 7) is 2.47. The number of rotatable bonds is 4. The molecule has 1 aliphatic heterocycles. The number of sulfonamides is 1. The lowest BCUT2D eigenvalue weighted by Gasteiger charge is -2.39. The zero-order valence-corrected chi connectivity index (χ0v) is 16.0. The lowest BCUT2D eigenvalue weighted by atomic mass is 9.85. The van der Waals surface area contributed by atoms with Crippen LogP contribution in [0, 0.1) is 5.92 Å². The number of hydrogen-bond acceptors (Lipinski definition) is 5. The number of para-hydroxylation sites is 1. The summed E-state index contributed by atoms with van der Waals surface area (Å²) in [7, 11) is -2.10. The molecule has 1 heterocycles. The molecule has 2 atom stereocenters. The first kappa shape index (κ1) is 19.1. The fourth-order valence-electron chi connectivity index (χ4n) is 3.93. The van der Waals surface area contributed by atoms with Crippen LogP contribution in [0.2, 0.25) is 0 Å². The van der Waals surface area contributed by atoms with Crippen LogP contribution in [-0.4, -0.2) is 58.5 Å². The number of piperazine rings is 1. The van der Waals surface area contributed by atoms with E-state index in [9.17, 15) is 13.2 Å². The third-order valence-electron chi connectivity index (χ3n) is 5.42. The Hall–Kier alpha value is -1.64. The van der Waals surface area contributed by atoms with Crippen molar-refractivity contribution >= 4 is 21.6 Å². The molecule has 1 aliphatic carbocycles. The van der Waals surface area contributed by atoms with Gasteiger partial charge in [-0.25, -0.2) is 13.1 Å². The number of nitrogens with two attached hydrogens (primary N) is 1. The topological polar surface area (TPSA) is 95.7 Å². The molecule has 0 aromatic heterocycles. The first-order chi connectivity index (χ1) is 12.4. The molecular formula is C18H28N4O3S. The summed E-state index contributed by atoms with van der Waals surface area (Å²) < 4.78 is 26.9. The number of hydrogen-bond donors (Lipinski definition) is 2. The molecule has 26 heavy (non-hydrogen) atoms. The van der Waals surface area contributed by atoms with Crippen LogP contribution in [0.15, 0.2) is 29.2 Å². The van der Waals surface area contributed by atoms with Crippen molar-refractivity contribution in [3.05, 3.63) is 24.3 Å². The first-order valence-corrected chi connectivity index (χ1v) is 10.7. The second-order valence-corrected chi connectivity index (χ2v) is 8.97. The standard InChI is InChI=1S/C18H28N4O3S/c1-20-26(24,25)17-8-3-2-7-16(17)21-9-11-22(12-10-21)18(23)14-5-4-6-15(19)13-14/h2-3,7-8,14-15,20H,4-6,9-13,19H2,1H3/t14-,15+/m0/s1. The molecule has 144 valence electrons. The van der Waals surface area contributed by atoms with E-state index in [1.165, 1.54) is 7.05 Å². The van der Waals surface area contributed by atoms with Crippen molar-refractivity contribution in [1.82, 2.24) is 9.62 Å². The first-order valence-electron chi connectivity index (χ1n) is 9.24. The van der Waals surface area contributed by atoms with Crippen molar-refractivity contribution in [2.75, 3.05) is 38.1 Å². The molecule has 0 unspecified atom stereocenters. The largest absolute Gasteiger partial charge is 0.367 e. The summed E-state index contributed by atoms with van der Waals surface area (Å²) in [5, 5.41) is 0. The third-order valence-corrected chi connectivity index (χ3v) is 6.88. The second-order valence-electron chi connectivity index (χ2n) is 7.11. The van der Waals surface area contributed by atoms with Gasteiger partial charge in [0.15, 0.2) is 0 Å². The Balaban J connectivity index is 1.67. The lowest BCUT2D eigenvalue weighted by Crippen LogP contribution is -2.51. The zero-order valence-electron chi connectivity index (χ0n) is 15.2. The predicted octanol–water partition coefficient (Wildman–Crippen LogP) is 0.761. The maximum absolute atomic E-state index is 12.8. The van der Waals surface area contributed by atoms with E-state index in [1.54, 1.807) is 12.1 Å². The van der Waals surface area contributed by atoms with Gasteiger partial charge in [-0.3, -0.25) is 4.79 Å². The summed E-state index contributed by atoms with van der Waals surface area (Å²) in [5.41, 5.74) is 6.71. The van der Waals surface area contributed by atoms with Crippen LogP contribution in [0.4, 0.5) is 5.69 Å². The molecule has 1 saturated heterocycles. The minimum atomic E-state index is -3.52. The van der Waals surface area contributed by atoms with E-state index >= 15 is 0 Å². The van der Waals surface area contributed by atoms with Crippen LogP contribution < -0.4 is 15.4 Å². The van der Waals surface area contributed by atoms with E-state index in [4.69, 9.17) is 5.73 Å². The normalized spacial score (nSPS) is 24.5. The Kier molecular flexibility index (Phi) is 5.84. The van der Waals surface area contributed by atoms with Gasteiger partial charge in [-0.2, -0.15) is 0 Å². The average Bonchev–Trinajstić information content (AvgIpc) is 2.67. The van der Waals surface area contributed by atoms with E-state index in [2.05, 4.69) is 4.72 Å². The van der Waals surface area contributed by atoms with Gasteiger partial charge in [0.05, 0.1) is 5.69 Å². The van der Waals surface area contributed by atoms with Crippen LogP contribution >= 0.6 is 0 Å². The Morgan fingerprint density at radius 3 is 2.50 bits per heavy atom. The molecule has 0 radical (unpaired) electrons.